The second-order valence-electron chi connectivity index (χ2n) is 6.63. The molecule has 0 aliphatic heterocycles. The smallest absolute Gasteiger partial charge is 0.387 e. The van der Waals surface area contributed by atoms with Crippen LogP contribution in [-0.2, 0) is 16.0 Å². The van der Waals surface area contributed by atoms with Crippen LogP contribution in [0.3, 0.4) is 0 Å². The minimum Gasteiger partial charge on any atom is -0.435 e. The van der Waals surface area contributed by atoms with Gasteiger partial charge in [0.2, 0.25) is 11.8 Å². The molecule has 2 N–H and O–H groups in total. The first-order valence-corrected chi connectivity index (χ1v) is 10.6. The van der Waals surface area contributed by atoms with E-state index in [9.17, 15) is 18.4 Å². The van der Waals surface area contributed by atoms with Crippen LogP contribution in [0.5, 0.6) is 5.75 Å². The summed E-state index contributed by atoms with van der Waals surface area (Å²) in [6.07, 6.45) is 2.09. The summed E-state index contributed by atoms with van der Waals surface area (Å²) in [4.78, 5) is 23.4. The largest absolute Gasteiger partial charge is 0.435 e. The third-order valence-corrected chi connectivity index (χ3v) is 5.12. The monoisotopic (exact) mass is 461 g/mol. The number of amides is 2. The molecule has 0 fully saturated rings. The normalized spacial score (nSPS) is 10.8. The molecule has 3 rings (SSSR count). The lowest BCUT2D eigenvalue weighted by molar-refractivity contribution is -0.118. The van der Waals surface area contributed by atoms with Crippen LogP contribution in [-0.4, -0.2) is 45.5 Å². The molecule has 1 heterocycles. The molecule has 0 atom stereocenters. The van der Waals surface area contributed by atoms with Crippen molar-refractivity contribution in [2.24, 2.45) is 0 Å². The molecule has 0 bridgehead atoms. The second-order valence-corrected chi connectivity index (χ2v) is 7.57. The number of nitrogens with zero attached hydrogens (tertiary/aromatic N) is 3. The van der Waals surface area contributed by atoms with E-state index in [1.807, 2.05) is 6.07 Å². The van der Waals surface area contributed by atoms with Crippen molar-refractivity contribution in [3.05, 3.63) is 60.4 Å². The third-order valence-electron chi connectivity index (χ3n) is 4.18. The number of carbonyl (C=O) groups is 2. The number of hydrogen-bond acceptors (Lipinski definition) is 6. The topological polar surface area (TPSA) is 98.1 Å². The summed E-state index contributed by atoms with van der Waals surface area (Å²) in [5.41, 5.74) is 2.29. The molecule has 3 aromatic rings. The number of hydrogen-bond donors (Lipinski definition) is 2. The third kappa shape index (κ3) is 7.05. The van der Waals surface area contributed by atoms with Crippen molar-refractivity contribution in [3.8, 4) is 11.4 Å². The predicted molar refractivity (Wildman–Crippen MR) is 116 cm³/mol. The summed E-state index contributed by atoms with van der Waals surface area (Å²) in [5, 5.41) is 14.0. The molecule has 0 aliphatic carbocycles. The number of thioether (sulfide) groups is 1. The van der Waals surface area contributed by atoms with Gasteiger partial charge in [-0.15, -0.1) is 10.2 Å². The highest BCUT2D eigenvalue weighted by molar-refractivity contribution is 7.99. The number of ether oxygens (including phenoxy) is 1. The van der Waals surface area contributed by atoms with E-state index in [0.717, 1.165) is 11.3 Å². The van der Waals surface area contributed by atoms with Gasteiger partial charge in [-0.2, -0.15) is 8.78 Å². The van der Waals surface area contributed by atoms with Crippen LogP contribution in [0.25, 0.3) is 5.69 Å². The summed E-state index contributed by atoms with van der Waals surface area (Å²) in [7, 11) is 0. The number of carbonyl (C=O) groups excluding carboxylic acids is 2. The van der Waals surface area contributed by atoms with Crippen LogP contribution < -0.4 is 15.4 Å². The average Bonchev–Trinajstić information content (AvgIpc) is 3.21. The van der Waals surface area contributed by atoms with E-state index >= 15 is 0 Å². The van der Waals surface area contributed by atoms with Crippen LogP contribution in [0, 0.1) is 0 Å². The Balaban J connectivity index is 1.48. The molecule has 168 valence electrons. The lowest BCUT2D eigenvalue weighted by atomic mass is 10.1. The van der Waals surface area contributed by atoms with Crippen LogP contribution >= 0.6 is 11.8 Å². The number of anilines is 1. The zero-order chi connectivity index (χ0) is 22.9. The van der Waals surface area contributed by atoms with E-state index in [-0.39, 0.29) is 23.3 Å². The molecule has 0 spiro atoms. The van der Waals surface area contributed by atoms with Gasteiger partial charge >= 0.3 is 6.61 Å². The van der Waals surface area contributed by atoms with Crippen molar-refractivity contribution in [3.63, 3.8) is 0 Å². The molecule has 2 aromatic carbocycles. The number of benzene rings is 2. The van der Waals surface area contributed by atoms with Gasteiger partial charge in [0.1, 0.15) is 12.1 Å². The van der Waals surface area contributed by atoms with Crippen molar-refractivity contribution in [1.29, 1.82) is 0 Å². The zero-order valence-corrected chi connectivity index (χ0v) is 17.9. The van der Waals surface area contributed by atoms with E-state index in [0.29, 0.717) is 23.8 Å². The standard InChI is InChI=1S/C21H21F2N5O3S/c1-14(29)26-16-3-2-4-17(11-16)28-13-25-27-21(28)32-12-19(30)24-10-9-15-5-7-18(8-6-15)31-20(22)23/h2-8,11,13,20H,9-10,12H2,1H3,(H,24,30)(H,26,29). The first-order chi connectivity index (χ1) is 15.4. The average molecular weight is 461 g/mol. The quantitative estimate of drug-likeness (QED) is 0.450. The highest BCUT2D eigenvalue weighted by atomic mass is 32.2. The molecule has 0 saturated carbocycles. The summed E-state index contributed by atoms with van der Waals surface area (Å²) in [6, 6.07) is 13.5. The molecule has 1 aromatic heterocycles. The van der Waals surface area contributed by atoms with Crippen molar-refractivity contribution in [2.45, 2.75) is 25.1 Å². The van der Waals surface area contributed by atoms with Gasteiger partial charge in [0.25, 0.3) is 0 Å². The lowest BCUT2D eigenvalue weighted by Gasteiger charge is -2.09. The molecular formula is C21H21F2N5O3S. The fourth-order valence-electron chi connectivity index (χ4n) is 2.80. The van der Waals surface area contributed by atoms with Crippen LogP contribution in [0.15, 0.2) is 60.0 Å². The minimum absolute atomic E-state index is 0.0934. The molecular weight excluding hydrogens is 440 g/mol. The van der Waals surface area contributed by atoms with Crippen molar-refractivity contribution in [2.75, 3.05) is 17.6 Å². The molecule has 11 heteroatoms. The number of halogens is 2. The van der Waals surface area contributed by atoms with Crippen molar-refractivity contribution < 1.29 is 23.1 Å². The van der Waals surface area contributed by atoms with Crippen LogP contribution in [0.2, 0.25) is 0 Å². The Morgan fingerprint density at radius 1 is 1.19 bits per heavy atom. The molecule has 0 radical (unpaired) electrons. The number of alkyl halides is 2. The predicted octanol–water partition coefficient (Wildman–Crippen LogP) is 3.28. The van der Waals surface area contributed by atoms with E-state index in [1.165, 1.54) is 37.1 Å². The number of rotatable bonds is 10. The molecule has 0 aliphatic rings. The Bertz CT molecular complexity index is 1060. The Labute approximate surface area is 187 Å². The van der Waals surface area contributed by atoms with Crippen molar-refractivity contribution >= 4 is 29.3 Å². The lowest BCUT2D eigenvalue weighted by Crippen LogP contribution is -2.27. The van der Waals surface area contributed by atoms with Gasteiger partial charge < -0.3 is 15.4 Å². The van der Waals surface area contributed by atoms with Gasteiger partial charge in [0.05, 0.1) is 11.4 Å². The summed E-state index contributed by atoms with van der Waals surface area (Å²) < 4.78 is 30.4. The summed E-state index contributed by atoms with van der Waals surface area (Å²) in [6.45, 7) is -1.02. The van der Waals surface area contributed by atoms with Crippen molar-refractivity contribution in [1.82, 2.24) is 20.1 Å². The second kappa shape index (κ2) is 11.2. The van der Waals surface area contributed by atoms with Gasteiger partial charge in [-0.05, 0) is 42.3 Å². The van der Waals surface area contributed by atoms with Crippen LogP contribution in [0.1, 0.15) is 12.5 Å². The van der Waals surface area contributed by atoms with E-state index in [1.54, 1.807) is 34.9 Å². The first-order valence-electron chi connectivity index (χ1n) is 9.62. The Kier molecular flexibility index (Phi) is 8.14. The Morgan fingerprint density at radius 3 is 2.69 bits per heavy atom. The maximum atomic E-state index is 12.2. The highest BCUT2D eigenvalue weighted by Gasteiger charge is 2.11. The fourth-order valence-corrected chi connectivity index (χ4v) is 3.56. The molecule has 2 amide bonds. The zero-order valence-electron chi connectivity index (χ0n) is 17.1. The van der Waals surface area contributed by atoms with Gasteiger partial charge in [-0.3, -0.25) is 14.2 Å². The fraction of sp³-hybridized carbons (Fsp3) is 0.238. The SMILES string of the molecule is CC(=O)Nc1cccc(-n2cnnc2SCC(=O)NCCc2ccc(OC(F)F)cc2)c1. The number of nitrogens with one attached hydrogen (secondary N) is 2. The molecule has 0 unspecified atom stereocenters. The summed E-state index contributed by atoms with van der Waals surface area (Å²) in [5.74, 6) is -0.106. The highest BCUT2D eigenvalue weighted by Crippen LogP contribution is 2.21. The first kappa shape index (κ1) is 23.2. The Morgan fingerprint density at radius 2 is 1.97 bits per heavy atom. The molecule has 32 heavy (non-hydrogen) atoms. The van der Waals surface area contributed by atoms with E-state index in [2.05, 4.69) is 25.6 Å². The van der Waals surface area contributed by atoms with Gasteiger partial charge in [0, 0.05) is 19.2 Å². The van der Waals surface area contributed by atoms with E-state index in [4.69, 9.17) is 0 Å². The number of aromatic nitrogens is 3. The van der Waals surface area contributed by atoms with Gasteiger partial charge in [-0.25, -0.2) is 0 Å². The van der Waals surface area contributed by atoms with Gasteiger partial charge in [0.15, 0.2) is 5.16 Å². The summed E-state index contributed by atoms with van der Waals surface area (Å²) >= 11 is 1.23. The molecule has 8 nitrogen and oxygen atoms in total. The Hall–Kier alpha value is -3.47. The minimum atomic E-state index is -2.86. The maximum absolute atomic E-state index is 12.2. The van der Waals surface area contributed by atoms with Gasteiger partial charge in [-0.1, -0.05) is 30.0 Å². The maximum Gasteiger partial charge on any atom is 0.387 e. The van der Waals surface area contributed by atoms with E-state index < -0.39 is 6.61 Å². The molecule has 0 saturated heterocycles. The van der Waals surface area contributed by atoms with Crippen LogP contribution in [0.4, 0.5) is 14.5 Å².